The van der Waals surface area contributed by atoms with Crippen LogP contribution in [0.15, 0.2) is 24.3 Å². The van der Waals surface area contributed by atoms with Gasteiger partial charge in [0.15, 0.2) is 6.04 Å². The van der Waals surface area contributed by atoms with Crippen molar-refractivity contribution in [3.8, 4) is 5.75 Å². The van der Waals surface area contributed by atoms with Crippen LogP contribution >= 0.6 is 11.8 Å². The summed E-state index contributed by atoms with van der Waals surface area (Å²) in [5.41, 5.74) is 6.66. The van der Waals surface area contributed by atoms with Crippen molar-refractivity contribution in [2.75, 3.05) is 12.0 Å². The molecule has 7 N–H and O–H groups in total. The van der Waals surface area contributed by atoms with Crippen molar-refractivity contribution in [1.82, 2.24) is 10.6 Å². The maximum Gasteiger partial charge on any atom is 0.328 e. The zero-order valence-electron chi connectivity index (χ0n) is 15.8. The van der Waals surface area contributed by atoms with Gasteiger partial charge in [0.2, 0.25) is 11.8 Å². The Kier molecular flexibility index (Phi) is 9.77. The van der Waals surface area contributed by atoms with Gasteiger partial charge in [0, 0.05) is 0 Å². The molecule has 156 valence electrons. The lowest BCUT2D eigenvalue weighted by Gasteiger charge is -2.23. The number of rotatable bonds is 11. The Bertz CT molecular complexity index is 668. The predicted octanol–water partition coefficient (Wildman–Crippen LogP) is -0.550. The summed E-state index contributed by atoms with van der Waals surface area (Å²) in [6.45, 7) is 1.25. The first kappa shape index (κ1) is 23.7. The second-order valence-electron chi connectivity index (χ2n) is 6.38. The Morgan fingerprint density at radius 2 is 1.75 bits per heavy atom. The number of amides is 2. The van der Waals surface area contributed by atoms with Crippen LogP contribution in [0.2, 0.25) is 0 Å². The van der Waals surface area contributed by atoms with Crippen LogP contribution in [-0.4, -0.2) is 69.3 Å². The maximum atomic E-state index is 12.4. The molecule has 0 spiro atoms. The minimum atomic E-state index is -1.48. The minimum absolute atomic E-state index is 0.0988. The van der Waals surface area contributed by atoms with Gasteiger partial charge in [0.05, 0.1) is 12.1 Å². The van der Waals surface area contributed by atoms with Gasteiger partial charge >= 0.3 is 5.97 Å². The number of phenols is 1. The molecule has 10 heteroatoms. The van der Waals surface area contributed by atoms with Gasteiger partial charge < -0.3 is 31.7 Å². The number of carbonyl (C=O) groups is 3. The standard InChI is InChI=1S/C18H27N3O6S/c1-10(22)15(18(26)27)21-17(25)14(7-8-28-2)20-16(24)13(19)9-11-3-5-12(23)6-4-11/h3-6,10,13-15,22-23H,7-9,19H2,1-2H3,(H,20,24)(H,21,25)(H,26,27). The van der Waals surface area contributed by atoms with Crippen LogP contribution in [0.5, 0.6) is 5.75 Å². The highest BCUT2D eigenvalue weighted by atomic mass is 32.2. The van der Waals surface area contributed by atoms with Crippen LogP contribution in [0.1, 0.15) is 18.9 Å². The number of aliphatic carboxylic acids is 1. The number of phenolic OH excluding ortho intramolecular Hbond substituents is 1. The van der Waals surface area contributed by atoms with E-state index in [1.165, 1.54) is 30.8 Å². The molecule has 2 amide bonds. The highest BCUT2D eigenvalue weighted by Crippen LogP contribution is 2.11. The number of nitrogens with one attached hydrogen (secondary N) is 2. The number of aliphatic hydroxyl groups excluding tert-OH is 1. The topological polar surface area (TPSA) is 162 Å². The van der Waals surface area contributed by atoms with E-state index in [9.17, 15) is 24.6 Å². The molecule has 0 aromatic heterocycles. The second kappa shape index (κ2) is 11.5. The summed E-state index contributed by atoms with van der Waals surface area (Å²) >= 11 is 1.47. The first-order valence-electron chi connectivity index (χ1n) is 8.69. The molecule has 1 aromatic carbocycles. The van der Waals surface area contributed by atoms with Crippen LogP contribution in [0.25, 0.3) is 0 Å². The molecule has 4 atom stereocenters. The Morgan fingerprint density at radius 3 is 2.25 bits per heavy atom. The summed E-state index contributed by atoms with van der Waals surface area (Å²) < 4.78 is 0. The van der Waals surface area contributed by atoms with Gasteiger partial charge in [0.25, 0.3) is 0 Å². The van der Waals surface area contributed by atoms with E-state index in [2.05, 4.69) is 10.6 Å². The lowest BCUT2D eigenvalue weighted by atomic mass is 10.0. The van der Waals surface area contributed by atoms with Crippen molar-refractivity contribution in [2.45, 2.75) is 44.0 Å². The van der Waals surface area contributed by atoms with Crippen molar-refractivity contribution >= 4 is 29.5 Å². The Hall–Kier alpha value is -2.30. The molecule has 0 aliphatic rings. The van der Waals surface area contributed by atoms with E-state index < -0.39 is 42.0 Å². The number of hydrogen-bond acceptors (Lipinski definition) is 7. The Morgan fingerprint density at radius 1 is 1.14 bits per heavy atom. The third-order valence-corrected chi connectivity index (χ3v) is 4.66. The van der Waals surface area contributed by atoms with Crippen molar-refractivity contribution in [1.29, 1.82) is 0 Å². The van der Waals surface area contributed by atoms with Gasteiger partial charge in [0.1, 0.15) is 11.8 Å². The minimum Gasteiger partial charge on any atom is -0.508 e. The van der Waals surface area contributed by atoms with Gasteiger partial charge in [-0.25, -0.2) is 4.79 Å². The zero-order chi connectivity index (χ0) is 21.3. The fourth-order valence-electron chi connectivity index (χ4n) is 2.40. The number of aliphatic hydroxyl groups is 1. The molecule has 1 rings (SSSR count). The second-order valence-corrected chi connectivity index (χ2v) is 7.37. The Balaban J connectivity index is 2.77. The van der Waals surface area contributed by atoms with E-state index in [1.54, 1.807) is 12.1 Å². The third-order valence-electron chi connectivity index (χ3n) is 4.02. The summed E-state index contributed by atoms with van der Waals surface area (Å²) in [7, 11) is 0. The number of carboxylic acids is 1. The zero-order valence-corrected chi connectivity index (χ0v) is 16.6. The van der Waals surface area contributed by atoms with Crippen LogP contribution in [-0.2, 0) is 20.8 Å². The van der Waals surface area contributed by atoms with Crippen LogP contribution in [0, 0.1) is 0 Å². The molecule has 0 aliphatic heterocycles. The SMILES string of the molecule is CSCCC(NC(=O)C(N)Cc1ccc(O)cc1)C(=O)NC(C(=O)O)C(C)O. The number of thioether (sulfide) groups is 1. The van der Waals surface area contributed by atoms with E-state index in [0.717, 1.165) is 5.56 Å². The van der Waals surface area contributed by atoms with Crippen molar-refractivity contribution in [3.63, 3.8) is 0 Å². The van der Waals surface area contributed by atoms with E-state index in [-0.39, 0.29) is 18.6 Å². The number of carbonyl (C=O) groups excluding carboxylic acids is 2. The highest BCUT2D eigenvalue weighted by molar-refractivity contribution is 7.98. The fourth-order valence-corrected chi connectivity index (χ4v) is 2.88. The van der Waals surface area contributed by atoms with E-state index in [0.29, 0.717) is 5.75 Å². The van der Waals surface area contributed by atoms with Crippen molar-refractivity contribution in [2.24, 2.45) is 5.73 Å². The Labute approximate surface area is 167 Å². The molecule has 0 fully saturated rings. The van der Waals surface area contributed by atoms with Gasteiger partial charge in [-0.2, -0.15) is 11.8 Å². The molecule has 0 radical (unpaired) electrons. The summed E-state index contributed by atoms with van der Waals surface area (Å²) in [5.74, 6) is -1.98. The maximum absolute atomic E-state index is 12.4. The summed E-state index contributed by atoms with van der Waals surface area (Å²) in [5, 5.41) is 32.7. The van der Waals surface area contributed by atoms with E-state index in [1.807, 2.05) is 6.26 Å². The smallest absolute Gasteiger partial charge is 0.328 e. The number of benzene rings is 1. The molecule has 1 aromatic rings. The lowest BCUT2D eigenvalue weighted by molar-refractivity contribution is -0.145. The molecule has 9 nitrogen and oxygen atoms in total. The number of nitrogens with two attached hydrogens (primary N) is 1. The van der Waals surface area contributed by atoms with Gasteiger partial charge in [-0.3, -0.25) is 9.59 Å². The van der Waals surface area contributed by atoms with Crippen LogP contribution in [0.3, 0.4) is 0 Å². The van der Waals surface area contributed by atoms with Crippen molar-refractivity contribution < 1.29 is 29.7 Å². The first-order valence-corrected chi connectivity index (χ1v) is 10.1. The monoisotopic (exact) mass is 413 g/mol. The molecule has 0 saturated carbocycles. The summed E-state index contributed by atoms with van der Waals surface area (Å²) in [4.78, 5) is 36.0. The third kappa shape index (κ3) is 7.75. The predicted molar refractivity (Wildman–Crippen MR) is 106 cm³/mol. The molecule has 0 saturated heterocycles. The van der Waals surface area contributed by atoms with E-state index in [4.69, 9.17) is 10.8 Å². The number of aromatic hydroxyl groups is 1. The fraction of sp³-hybridized carbons (Fsp3) is 0.500. The van der Waals surface area contributed by atoms with Gasteiger partial charge in [-0.15, -0.1) is 0 Å². The highest BCUT2D eigenvalue weighted by Gasteiger charge is 2.30. The largest absolute Gasteiger partial charge is 0.508 e. The van der Waals surface area contributed by atoms with Crippen LogP contribution in [0.4, 0.5) is 0 Å². The number of carboxylic acid groups (broad SMARTS) is 1. The van der Waals surface area contributed by atoms with Crippen molar-refractivity contribution in [3.05, 3.63) is 29.8 Å². The molecule has 4 unspecified atom stereocenters. The average Bonchev–Trinajstić information content (AvgIpc) is 2.63. The molecule has 0 aliphatic carbocycles. The molecule has 0 heterocycles. The first-order chi connectivity index (χ1) is 13.1. The number of hydrogen-bond donors (Lipinski definition) is 6. The normalized spacial score (nSPS) is 15.1. The lowest BCUT2D eigenvalue weighted by Crippen LogP contribution is -2.56. The van der Waals surface area contributed by atoms with Gasteiger partial charge in [-0.05, 0) is 49.5 Å². The summed E-state index contributed by atoms with van der Waals surface area (Å²) in [6.07, 6.45) is 1.02. The quantitative estimate of drug-likeness (QED) is 0.281. The van der Waals surface area contributed by atoms with E-state index >= 15 is 0 Å². The van der Waals surface area contributed by atoms with Gasteiger partial charge in [-0.1, -0.05) is 12.1 Å². The molecule has 0 bridgehead atoms. The molecule has 28 heavy (non-hydrogen) atoms. The summed E-state index contributed by atoms with van der Waals surface area (Å²) in [6, 6.07) is 2.86. The molecular formula is C18H27N3O6S. The average molecular weight is 413 g/mol. The molecular weight excluding hydrogens is 386 g/mol. The van der Waals surface area contributed by atoms with Crippen LogP contribution < -0.4 is 16.4 Å².